The van der Waals surface area contributed by atoms with Crippen LogP contribution >= 0.6 is 0 Å². The van der Waals surface area contributed by atoms with Crippen molar-refractivity contribution in [2.75, 3.05) is 0 Å². The number of carboxylic acids is 2. The molecule has 4 heteroatoms. The van der Waals surface area contributed by atoms with Crippen LogP contribution in [0.25, 0.3) is 0 Å². The normalized spacial score (nSPS) is 26.7. The minimum Gasteiger partial charge on any atom is -0.481 e. The smallest absolute Gasteiger partial charge is 0.335 e. The first-order valence-electron chi connectivity index (χ1n) is 3.88. The molecule has 0 amide bonds. The lowest BCUT2D eigenvalue weighted by Crippen LogP contribution is -2.22. The van der Waals surface area contributed by atoms with Crippen LogP contribution in [0.3, 0.4) is 0 Å². The van der Waals surface area contributed by atoms with E-state index in [4.69, 9.17) is 10.2 Å². The molecule has 1 aliphatic rings. The van der Waals surface area contributed by atoms with Crippen molar-refractivity contribution in [1.82, 2.24) is 0 Å². The average Bonchev–Trinajstić information content (AvgIpc) is 2.04. The molecule has 0 bridgehead atoms. The third-order valence-corrected chi connectivity index (χ3v) is 2.04. The molecule has 2 atom stereocenters. The Labute approximate surface area is 75.2 Å². The Morgan fingerprint density at radius 1 is 1.38 bits per heavy atom. The van der Waals surface area contributed by atoms with Crippen LogP contribution in [0.2, 0.25) is 0 Å². The Morgan fingerprint density at radius 2 is 2.00 bits per heavy atom. The molecule has 0 aromatic carbocycles. The van der Waals surface area contributed by atoms with Crippen molar-refractivity contribution in [3.63, 3.8) is 0 Å². The molecule has 0 radical (unpaired) electrons. The second-order valence-corrected chi connectivity index (χ2v) is 3.01. The summed E-state index contributed by atoms with van der Waals surface area (Å²) in [5.41, 5.74) is 0.0468. The predicted octanol–water partition coefficient (Wildman–Crippen LogP) is 0.904. The standard InChI is InChI=1S/C9H10O4/c1-5-2-3-6(8(10)11)4-7(5)9(12)13/h2-5,7H,1H3,(H,10,11)(H,12,13). The summed E-state index contributed by atoms with van der Waals surface area (Å²) in [5.74, 6) is -2.96. The number of rotatable bonds is 2. The molecule has 2 unspecified atom stereocenters. The summed E-state index contributed by atoms with van der Waals surface area (Å²) in [4.78, 5) is 21.2. The van der Waals surface area contributed by atoms with Gasteiger partial charge in [-0.15, -0.1) is 0 Å². The van der Waals surface area contributed by atoms with Crippen molar-refractivity contribution in [2.24, 2.45) is 11.8 Å². The molecule has 1 rings (SSSR count). The molecule has 0 saturated heterocycles. The highest BCUT2D eigenvalue weighted by Gasteiger charge is 2.25. The molecule has 0 heterocycles. The van der Waals surface area contributed by atoms with Crippen LogP contribution in [0, 0.1) is 11.8 Å². The molecule has 4 nitrogen and oxygen atoms in total. The molecule has 0 saturated carbocycles. The molecule has 2 N–H and O–H groups in total. The van der Waals surface area contributed by atoms with Gasteiger partial charge in [-0.25, -0.2) is 4.79 Å². The number of carbonyl (C=O) groups is 2. The monoisotopic (exact) mass is 182 g/mol. The van der Waals surface area contributed by atoms with Crippen LogP contribution in [-0.4, -0.2) is 22.2 Å². The number of hydrogen-bond acceptors (Lipinski definition) is 2. The van der Waals surface area contributed by atoms with E-state index in [0.29, 0.717) is 0 Å². The van der Waals surface area contributed by atoms with Gasteiger partial charge in [0.05, 0.1) is 11.5 Å². The summed E-state index contributed by atoms with van der Waals surface area (Å²) >= 11 is 0. The predicted molar refractivity (Wildman–Crippen MR) is 45.1 cm³/mol. The number of hydrogen-bond donors (Lipinski definition) is 2. The van der Waals surface area contributed by atoms with E-state index in [0.717, 1.165) is 0 Å². The topological polar surface area (TPSA) is 74.6 Å². The van der Waals surface area contributed by atoms with Crippen molar-refractivity contribution < 1.29 is 19.8 Å². The Kier molecular flexibility index (Phi) is 2.51. The average molecular weight is 182 g/mol. The van der Waals surface area contributed by atoms with Gasteiger partial charge in [0.1, 0.15) is 0 Å². The summed E-state index contributed by atoms with van der Waals surface area (Å²) in [5, 5.41) is 17.3. The lowest BCUT2D eigenvalue weighted by molar-refractivity contribution is -0.141. The molecule has 70 valence electrons. The van der Waals surface area contributed by atoms with Gasteiger partial charge in [-0.05, 0) is 5.92 Å². The molecule has 0 aliphatic heterocycles. The van der Waals surface area contributed by atoms with Crippen LogP contribution in [0.15, 0.2) is 23.8 Å². The fourth-order valence-electron chi connectivity index (χ4n) is 1.21. The van der Waals surface area contributed by atoms with E-state index < -0.39 is 17.9 Å². The number of carboxylic acid groups (broad SMARTS) is 2. The summed E-state index contributed by atoms with van der Waals surface area (Å²) in [6.07, 6.45) is 4.31. The molecule has 0 aromatic rings. The van der Waals surface area contributed by atoms with Crippen molar-refractivity contribution in [2.45, 2.75) is 6.92 Å². The van der Waals surface area contributed by atoms with Gasteiger partial charge in [-0.2, -0.15) is 0 Å². The fourth-order valence-corrected chi connectivity index (χ4v) is 1.21. The van der Waals surface area contributed by atoms with Gasteiger partial charge in [-0.1, -0.05) is 25.2 Å². The van der Waals surface area contributed by atoms with Gasteiger partial charge in [-0.3, -0.25) is 4.79 Å². The maximum Gasteiger partial charge on any atom is 0.335 e. The molecule has 13 heavy (non-hydrogen) atoms. The molecule has 0 spiro atoms. The van der Waals surface area contributed by atoms with E-state index >= 15 is 0 Å². The van der Waals surface area contributed by atoms with Crippen molar-refractivity contribution in [3.8, 4) is 0 Å². The van der Waals surface area contributed by atoms with Crippen LogP contribution in [0.4, 0.5) is 0 Å². The maximum atomic E-state index is 10.7. The van der Waals surface area contributed by atoms with Crippen LogP contribution in [-0.2, 0) is 9.59 Å². The van der Waals surface area contributed by atoms with E-state index in [2.05, 4.69) is 0 Å². The Morgan fingerprint density at radius 3 is 2.46 bits per heavy atom. The zero-order chi connectivity index (χ0) is 10.0. The zero-order valence-corrected chi connectivity index (χ0v) is 7.10. The van der Waals surface area contributed by atoms with Crippen molar-refractivity contribution in [3.05, 3.63) is 23.8 Å². The quantitative estimate of drug-likeness (QED) is 0.665. The maximum absolute atomic E-state index is 10.7. The van der Waals surface area contributed by atoms with Gasteiger partial charge in [0, 0.05) is 0 Å². The Balaban J connectivity index is 2.93. The SMILES string of the molecule is CC1C=CC(C(=O)O)=CC1C(=O)O. The molecule has 1 aliphatic carbocycles. The Hall–Kier alpha value is -1.58. The van der Waals surface area contributed by atoms with Crippen LogP contribution in [0.1, 0.15) is 6.92 Å². The molecular weight excluding hydrogens is 172 g/mol. The highest BCUT2D eigenvalue weighted by atomic mass is 16.4. The zero-order valence-electron chi connectivity index (χ0n) is 7.10. The lowest BCUT2D eigenvalue weighted by atomic mass is 9.87. The largest absolute Gasteiger partial charge is 0.481 e. The minimum absolute atomic E-state index is 0.0468. The summed E-state index contributed by atoms with van der Waals surface area (Å²) in [6, 6.07) is 0. The van der Waals surface area contributed by atoms with Gasteiger partial charge < -0.3 is 10.2 Å². The van der Waals surface area contributed by atoms with E-state index in [1.165, 1.54) is 12.2 Å². The number of aliphatic carboxylic acids is 2. The van der Waals surface area contributed by atoms with E-state index in [1.54, 1.807) is 13.0 Å². The van der Waals surface area contributed by atoms with Crippen molar-refractivity contribution in [1.29, 1.82) is 0 Å². The van der Waals surface area contributed by atoms with E-state index in [9.17, 15) is 9.59 Å². The van der Waals surface area contributed by atoms with Gasteiger partial charge in [0.2, 0.25) is 0 Å². The van der Waals surface area contributed by atoms with Crippen LogP contribution in [0.5, 0.6) is 0 Å². The van der Waals surface area contributed by atoms with E-state index in [1.807, 2.05) is 0 Å². The summed E-state index contributed by atoms with van der Waals surface area (Å²) in [6.45, 7) is 1.74. The highest BCUT2D eigenvalue weighted by Crippen LogP contribution is 2.22. The van der Waals surface area contributed by atoms with Crippen LogP contribution < -0.4 is 0 Å². The van der Waals surface area contributed by atoms with Gasteiger partial charge in [0.15, 0.2) is 0 Å². The van der Waals surface area contributed by atoms with Crippen molar-refractivity contribution >= 4 is 11.9 Å². The first kappa shape index (κ1) is 9.51. The first-order chi connectivity index (χ1) is 6.02. The Bertz CT molecular complexity index is 301. The third-order valence-electron chi connectivity index (χ3n) is 2.04. The van der Waals surface area contributed by atoms with Gasteiger partial charge in [0.25, 0.3) is 0 Å². The second-order valence-electron chi connectivity index (χ2n) is 3.01. The fraction of sp³-hybridized carbons (Fsp3) is 0.333. The molecule has 0 fully saturated rings. The lowest BCUT2D eigenvalue weighted by Gasteiger charge is -2.17. The number of allylic oxidation sites excluding steroid dienone is 1. The second kappa shape index (κ2) is 3.43. The highest BCUT2D eigenvalue weighted by molar-refractivity contribution is 5.91. The molecule has 0 aromatic heterocycles. The summed E-state index contributed by atoms with van der Waals surface area (Å²) in [7, 11) is 0. The minimum atomic E-state index is -1.09. The summed E-state index contributed by atoms with van der Waals surface area (Å²) < 4.78 is 0. The van der Waals surface area contributed by atoms with E-state index in [-0.39, 0.29) is 11.5 Å². The molecular formula is C9H10O4. The van der Waals surface area contributed by atoms with Gasteiger partial charge >= 0.3 is 11.9 Å². The first-order valence-corrected chi connectivity index (χ1v) is 3.88. The third kappa shape index (κ3) is 1.96.